The lowest BCUT2D eigenvalue weighted by Crippen LogP contribution is -2.33. The molecular formula is C13H15N3O2S. The van der Waals surface area contributed by atoms with Crippen LogP contribution in [0.3, 0.4) is 0 Å². The number of hydrogen-bond acceptors (Lipinski definition) is 3. The molecule has 0 saturated heterocycles. The highest BCUT2D eigenvalue weighted by Crippen LogP contribution is 2.28. The molecule has 2 aromatic rings. The van der Waals surface area contributed by atoms with Crippen molar-refractivity contribution >= 4 is 26.6 Å². The molecule has 5 nitrogen and oxygen atoms in total. The van der Waals surface area contributed by atoms with Crippen LogP contribution in [0.2, 0.25) is 0 Å². The fourth-order valence-electron chi connectivity index (χ4n) is 2.42. The quantitative estimate of drug-likeness (QED) is 0.907. The Hall–Kier alpha value is -1.66. The molecule has 0 amide bonds. The van der Waals surface area contributed by atoms with Crippen molar-refractivity contribution in [3.05, 3.63) is 36.2 Å². The molecule has 0 fully saturated rings. The summed E-state index contributed by atoms with van der Waals surface area (Å²) in [5, 5.41) is 1.08. The van der Waals surface area contributed by atoms with Crippen molar-refractivity contribution in [2.45, 2.75) is 6.42 Å². The average molecular weight is 277 g/mol. The minimum Gasteiger partial charge on any atom is -0.346 e. The Kier molecular flexibility index (Phi) is 2.91. The summed E-state index contributed by atoms with van der Waals surface area (Å²) in [6, 6.07) is 3.93. The van der Waals surface area contributed by atoms with Gasteiger partial charge in [-0.05, 0) is 24.1 Å². The minimum absolute atomic E-state index is 0.446. The Morgan fingerprint density at radius 3 is 2.95 bits per heavy atom. The molecule has 0 bridgehead atoms. The smallest absolute Gasteiger partial charge is 0.211 e. The van der Waals surface area contributed by atoms with Crippen molar-refractivity contribution in [2.75, 3.05) is 19.3 Å². The summed E-state index contributed by atoms with van der Waals surface area (Å²) in [6.45, 7) is 0.985. The van der Waals surface area contributed by atoms with E-state index in [1.807, 2.05) is 24.4 Å². The third-order valence-corrected chi connectivity index (χ3v) is 4.71. The number of rotatable bonds is 2. The van der Waals surface area contributed by atoms with Gasteiger partial charge in [-0.25, -0.2) is 13.4 Å². The largest absolute Gasteiger partial charge is 0.346 e. The Labute approximate surface area is 112 Å². The first kappa shape index (κ1) is 12.4. The van der Waals surface area contributed by atoms with Gasteiger partial charge < -0.3 is 4.98 Å². The van der Waals surface area contributed by atoms with Gasteiger partial charge in [-0.1, -0.05) is 6.08 Å². The number of fused-ring (bicyclic) bond motifs is 1. The van der Waals surface area contributed by atoms with Gasteiger partial charge in [0.25, 0.3) is 0 Å². The monoisotopic (exact) mass is 277 g/mol. The summed E-state index contributed by atoms with van der Waals surface area (Å²) in [5.41, 5.74) is 3.17. The lowest BCUT2D eigenvalue weighted by atomic mass is 10.0. The first-order valence-electron chi connectivity index (χ1n) is 6.12. The molecule has 6 heteroatoms. The lowest BCUT2D eigenvalue weighted by Gasteiger charge is -2.24. The summed E-state index contributed by atoms with van der Waals surface area (Å²) in [4.78, 5) is 7.40. The maximum absolute atomic E-state index is 11.5. The third kappa shape index (κ3) is 2.29. The average Bonchev–Trinajstić information content (AvgIpc) is 2.82. The van der Waals surface area contributed by atoms with E-state index in [9.17, 15) is 8.42 Å². The Morgan fingerprint density at radius 2 is 2.26 bits per heavy atom. The van der Waals surface area contributed by atoms with Gasteiger partial charge >= 0.3 is 0 Å². The van der Waals surface area contributed by atoms with Crippen LogP contribution in [0.15, 0.2) is 30.6 Å². The Bertz CT molecular complexity index is 746. The van der Waals surface area contributed by atoms with Crippen molar-refractivity contribution in [1.82, 2.24) is 14.3 Å². The van der Waals surface area contributed by atoms with Crippen LogP contribution in [-0.2, 0) is 10.0 Å². The van der Waals surface area contributed by atoms with Crippen LogP contribution in [0.25, 0.3) is 16.6 Å². The van der Waals surface area contributed by atoms with Gasteiger partial charge in [-0.2, -0.15) is 4.31 Å². The van der Waals surface area contributed by atoms with Crippen molar-refractivity contribution in [2.24, 2.45) is 0 Å². The zero-order chi connectivity index (χ0) is 13.5. The number of H-pyrrole nitrogens is 1. The molecule has 0 saturated carbocycles. The zero-order valence-electron chi connectivity index (χ0n) is 10.6. The maximum atomic E-state index is 11.5. The molecular weight excluding hydrogens is 262 g/mol. The predicted octanol–water partition coefficient (Wildman–Crippen LogP) is 1.61. The Balaban J connectivity index is 1.94. The zero-order valence-corrected chi connectivity index (χ0v) is 11.4. The number of sulfonamides is 1. The first-order chi connectivity index (χ1) is 9.05. The molecule has 0 aliphatic carbocycles. The number of aromatic amines is 1. The van der Waals surface area contributed by atoms with Crippen LogP contribution < -0.4 is 0 Å². The van der Waals surface area contributed by atoms with Crippen LogP contribution in [-0.4, -0.2) is 42.0 Å². The fraction of sp³-hybridized carbons (Fsp3) is 0.308. The summed E-state index contributed by atoms with van der Waals surface area (Å²) >= 11 is 0. The van der Waals surface area contributed by atoms with Crippen molar-refractivity contribution in [1.29, 1.82) is 0 Å². The minimum atomic E-state index is -3.09. The SMILES string of the molecule is CS(=O)(=O)N1CC=C(c2c[nH]c3ncccc23)CC1. The van der Waals surface area contributed by atoms with E-state index < -0.39 is 10.0 Å². The molecule has 0 atom stereocenters. The topological polar surface area (TPSA) is 66.1 Å². The molecule has 0 spiro atoms. The van der Waals surface area contributed by atoms with Crippen LogP contribution >= 0.6 is 0 Å². The number of nitrogens with one attached hydrogen (secondary N) is 1. The van der Waals surface area contributed by atoms with E-state index >= 15 is 0 Å². The molecule has 1 aliphatic rings. The highest BCUT2D eigenvalue weighted by Gasteiger charge is 2.21. The predicted molar refractivity (Wildman–Crippen MR) is 75.1 cm³/mol. The molecule has 19 heavy (non-hydrogen) atoms. The summed E-state index contributed by atoms with van der Waals surface area (Å²) in [6.07, 6.45) is 7.67. The van der Waals surface area contributed by atoms with Crippen molar-refractivity contribution in [3.63, 3.8) is 0 Å². The van der Waals surface area contributed by atoms with Gasteiger partial charge in [0.2, 0.25) is 10.0 Å². The van der Waals surface area contributed by atoms with Gasteiger partial charge in [0.1, 0.15) is 5.65 Å². The maximum Gasteiger partial charge on any atom is 0.211 e. The molecule has 3 heterocycles. The number of hydrogen-bond donors (Lipinski definition) is 1. The molecule has 0 radical (unpaired) electrons. The van der Waals surface area contributed by atoms with Crippen LogP contribution in [0, 0.1) is 0 Å². The molecule has 0 aromatic carbocycles. The number of nitrogens with zero attached hydrogens (tertiary/aromatic N) is 2. The van der Waals surface area contributed by atoms with E-state index in [2.05, 4.69) is 9.97 Å². The molecule has 100 valence electrons. The van der Waals surface area contributed by atoms with Gasteiger partial charge in [0.15, 0.2) is 0 Å². The second-order valence-corrected chi connectivity index (χ2v) is 6.68. The van der Waals surface area contributed by atoms with E-state index in [1.54, 1.807) is 6.20 Å². The highest BCUT2D eigenvalue weighted by molar-refractivity contribution is 7.88. The van der Waals surface area contributed by atoms with E-state index in [4.69, 9.17) is 0 Å². The van der Waals surface area contributed by atoms with E-state index in [0.29, 0.717) is 13.1 Å². The summed E-state index contributed by atoms with van der Waals surface area (Å²) in [5.74, 6) is 0. The fourth-order valence-corrected chi connectivity index (χ4v) is 3.19. The second kappa shape index (κ2) is 4.47. The molecule has 1 aliphatic heterocycles. The standard InChI is InChI=1S/C13H15N3O2S/c1-19(17,18)16-7-4-10(5-8-16)12-9-15-13-11(12)3-2-6-14-13/h2-4,6,9H,5,7-8H2,1H3,(H,14,15). The summed E-state index contributed by atoms with van der Waals surface area (Å²) in [7, 11) is -3.09. The van der Waals surface area contributed by atoms with Crippen LogP contribution in [0.1, 0.15) is 12.0 Å². The molecule has 1 N–H and O–H groups in total. The molecule has 3 rings (SSSR count). The normalized spacial score (nSPS) is 17.6. The number of aromatic nitrogens is 2. The van der Waals surface area contributed by atoms with E-state index in [0.717, 1.165) is 23.0 Å². The van der Waals surface area contributed by atoms with Crippen LogP contribution in [0.5, 0.6) is 0 Å². The van der Waals surface area contributed by atoms with Crippen molar-refractivity contribution < 1.29 is 8.42 Å². The lowest BCUT2D eigenvalue weighted by molar-refractivity contribution is 0.446. The van der Waals surface area contributed by atoms with Gasteiger partial charge in [0, 0.05) is 36.4 Å². The third-order valence-electron chi connectivity index (χ3n) is 3.44. The van der Waals surface area contributed by atoms with Crippen molar-refractivity contribution in [3.8, 4) is 0 Å². The van der Waals surface area contributed by atoms with Gasteiger partial charge in [0.05, 0.1) is 6.26 Å². The highest BCUT2D eigenvalue weighted by atomic mass is 32.2. The van der Waals surface area contributed by atoms with Gasteiger partial charge in [-0.15, -0.1) is 0 Å². The first-order valence-corrected chi connectivity index (χ1v) is 7.97. The Morgan fingerprint density at radius 1 is 1.42 bits per heavy atom. The number of pyridine rings is 1. The molecule has 2 aromatic heterocycles. The van der Waals surface area contributed by atoms with E-state index in [1.165, 1.54) is 16.1 Å². The van der Waals surface area contributed by atoms with E-state index in [-0.39, 0.29) is 0 Å². The summed E-state index contributed by atoms with van der Waals surface area (Å²) < 4.78 is 24.4. The van der Waals surface area contributed by atoms with Crippen LogP contribution in [0.4, 0.5) is 0 Å². The molecule has 0 unspecified atom stereocenters. The van der Waals surface area contributed by atoms with Gasteiger partial charge in [-0.3, -0.25) is 0 Å². The second-order valence-electron chi connectivity index (χ2n) is 4.70.